The van der Waals surface area contributed by atoms with E-state index in [1.54, 1.807) is 0 Å². The van der Waals surface area contributed by atoms with E-state index in [2.05, 4.69) is 26.3 Å². The lowest BCUT2D eigenvalue weighted by Crippen LogP contribution is -2.02. The molecule has 3 aromatic heterocycles. The molecule has 4 rings (SSSR count). The van der Waals surface area contributed by atoms with Gasteiger partial charge in [0.05, 0.1) is 22.6 Å². The monoisotopic (exact) mass is 402 g/mol. The molecule has 0 aliphatic heterocycles. The molecular weight excluding hydrogens is 384 g/mol. The van der Waals surface area contributed by atoms with Gasteiger partial charge >= 0.3 is 0 Å². The van der Waals surface area contributed by atoms with E-state index >= 15 is 0 Å². The van der Waals surface area contributed by atoms with Gasteiger partial charge in [-0.05, 0) is 50.3 Å². The van der Waals surface area contributed by atoms with Crippen LogP contribution in [-0.4, -0.2) is 25.0 Å². The number of hydrogen-bond donors (Lipinski definition) is 1. The summed E-state index contributed by atoms with van der Waals surface area (Å²) in [6.07, 6.45) is 3.65. The number of hydrogen-bond acceptors (Lipinski definition) is 6. The minimum absolute atomic E-state index is 0.525. The highest BCUT2D eigenvalue weighted by atomic mass is 32.2. The molecule has 3 heterocycles. The van der Waals surface area contributed by atoms with E-state index in [0.29, 0.717) is 28.0 Å². The van der Waals surface area contributed by atoms with Crippen molar-refractivity contribution in [1.29, 1.82) is 5.26 Å². The van der Waals surface area contributed by atoms with E-state index in [1.807, 2.05) is 73.1 Å². The Morgan fingerprint density at radius 3 is 2.72 bits per heavy atom. The van der Waals surface area contributed by atoms with Crippen LogP contribution in [0.3, 0.4) is 0 Å². The molecule has 1 N–H and O–H groups in total. The first kappa shape index (κ1) is 18.8. The molecule has 0 saturated carbocycles. The molecule has 0 bridgehead atoms. The molecule has 0 unspecified atom stereocenters. The van der Waals surface area contributed by atoms with Gasteiger partial charge in [0.15, 0.2) is 0 Å². The van der Waals surface area contributed by atoms with Gasteiger partial charge < -0.3 is 4.42 Å². The number of aromatic amines is 1. The number of furan rings is 1. The van der Waals surface area contributed by atoms with Gasteiger partial charge in [0.1, 0.15) is 23.4 Å². The Hall–Kier alpha value is -3.57. The summed E-state index contributed by atoms with van der Waals surface area (Å²) in [4.78, 5) is 4.47. The highest BCUT2D eigenvalue weighted by Gasteiger charge is 2.17. The molecule has 0 fully saturated rings. The Bertz CT molecular complexity index is 1200. The van der Waals surface area contributed by atoms with Gasteiger partial charge in [-0.2, -0.15) is 10.4 Å². The summed E-state index contributed by atoms with van der Waals surface area (Å²) in [6.45, 7) is 3.75. The van der Waals surface area contributed by atoms with Gasteiger partial charge in [-0.25, -0.2) is 9.67 Å². The van der Waals surface area contributed by atoms with Crippen molar-refractivity contribution in [3.8, 4) is 11.8 Å². The Labute approximate surface area is 172 Å². The number of rotatable bonds is 6. The van der Waals surface area contributed by atoms with Crippen LogP contribution in [0.15, 0.2) is 52.0 Å². The van der Waals surface area contributed by atoms with Gasteiger partial charge in [0, 0.05) is 5.75 Å². The van der Waals surface area contributed by atoms with Crippen molar-refractivity contribution < 1.29 is 4.42 Å². The van der Waals surface area contributed by atoms with Crippen molar-refractivity contribution in [3.05, 3.63) is 76.8 Å². The number of aryl methyl sites for hydroxylation is 2. The molecule has 0 saturated heterocycles. The zero-order chi connectivity index (χ0) is 20.2. The van der Waals surface area contributed by atoms with Gasteiger partial charge in [-0.3, -0.25) is 5.10 Å². The second-order valence-electron chi connectivity index (χ2n) is 6.34. The zero-order valence-electron chi connectivity index (χ0n) is 16.0. The number of para-hydroxylation sites is 1. The van der Waals surface area contributed by atoms with Crippen LogP contribution in [0.1, 0.15) is 34.3 Å². The fourth-order valence-electron chi connectivity index (χ4n) is 2.87. The van der Waals surface area contributed by atoms with Crippen molar-refractivity contribution in [2.24, 2.45) is 0 Å². The molecule has 29 heavy (non-hydrogen) atoms. The first-order chi connectivity index (χ1) is 14.1. The van der Waals surface area contributed by atoms with E-state index in [4.69, 9.17) is 4.42 Å². The fraction of sp³-hybridized carbons (Fsp3) is 0.143. The van der Waals surface area contributed by atoms with Crippen LogP contribution >= 0.6 is 11.8 Å². The number of nitrogens with zero attached hydrogens (tertiary/aromatic N) is 5. The minimum Gasteiger partial charge on any atom is -0.462 e. The zero-order valence-corrected chi connectivity index (χ0v) is 16.8. The van der Waals surface area contributed by atoms with Crippen LogP contribution in [0.25, 0.3) is 17.8 Å². The van der Waals surface area contributed by atoms with E-state index < -0.39 is 0 Å². The lowest BCUT2D eigenvalue weighted by Gasteiger charge is -2.06. The van der Waals surface area contributed by atoms with Crippen molar-refractivity contribution in [3.63, 3.8) is 0 Å². The summed E-state index contributed by atoms with van der Waals surface area (Å²) in [7, 11) is 0. The molecule has 0 radical (unpaired) electrons. The number of nitrogens with one attached hydrogen (secondary N) is 1. The van der Waals surface area contributed by atoms with E-state index in [1.165, 1.54) is 11.8 Å². The van der Waals surface area contributed by atoms with E-state index in [0.717, 1.165) is 22.9 Å². The second-order valence-corrected chi connectivity index (χ2v) is 7.28. The normalized spacial score (nSPS) is 11.2. The number of aromatic nitrogens is 5. The highest BCUT2D eigenvalue weighted by molar-refractivity contribution is 7.98. The van der Waals surface area contributed by atoms with Crippen molar-refractivity contribution in [2.45, 2.75) is 24.8 Å². The van der Waals surface area contributed by atoms with Crippen molar-refractivity contribution >= 4 is 23.9 Å². The number of benzene rings is 1. The molecule has 144 valence electrons. The van der Waals surface area contributed by atoms with Crippen LogP contribution < -0.4 is 0 Å². The van der Waals surface area contributed by atoms with Gasteiger partial charge in [-0.1, -0.05) is 30.0 Å². The minimum atomic E-state index is 0.525. The van der Waals surface area contributed by atoms with Crippen molar-refractivity contribution in [1.82, 2.24) is 25.0 Å². The summed E-state index contributed by atoms with van der Waals surface area (Å²) in [5.74, 6) is 2.78. The van der Waals surface area contributed by atoms with E-state index in [-0.39, 0.29) is 0 Å². The quantitative estimate of drug-likeness (QED) is 0.476. The molecule has 0 spiro atoms. The summed E-state index contributed by atoms with van der Waals surface area (Å²) in [5.41, 5.74) is 3.04. The molecule has 1 aromatic carbocycles. The van der Waals surface area contributed by atoms with Crippen LogP contribution in [0.2, 0.25) is 0 Å². The van der Waals surface area contributed by atoms with Gasteiger partial charge in [0.25, 0.3) is 0 Å². The summed E-state index contributed by atoms with van der Waals surface area (Å²) < 4.78 is 7.32. The topological polar surface area (TPSA) is 96.3 Å². The maximum atomic E-state index is 9.57. The third-order valence-corrected chi connectivity index (χ3v) is 5.11. The van der Waals surface area contributed by atoms with E-state index in [9.17, 15) is 5.26 Å². The first-order valence-corrected chi connectivity index (χ1v) is 9.96. The average molecular weight is 402 g/mol. The third-order valence-electron chi connectivity index (χ3n) is 4.26. The molecule has 7 nitrogen and oxygen atoms in total. The Balaban J connectivity index is 1.52. The second kappa shape index (κ2) is 8.20. The molecule has 0 atom stereocenters. The summed E-state index contributed by atoms with van der Waals surface area (Å²) >= 11 is 1.45. The predicted octanol–water partition coefficient (Wildman–Crippen LogP) is 4.53. The molecule has 0 aliphatic carbocycles. The molecular formula is C21H18N6OS. The summed E-state index contributed by atoms with van der Waals surface area (Å²) in [6, 6.07) is 15.9. The largest absolute Gasteiger partial charge is 0.462 e. The van der Waals surface area contributed by atoms with Crippen molar-refractivity contribution in [2.75, 3.05) is 0 Å². The fourth-order valence-corrected chi connectivity index (χ4v) is 3.68. The molecule has 4 aromatic rings. The smallest absolute Gasteiger partial charge is 0.209 e. The maximum absolute atomic E-state index is 9.57. The molecule has 0 aliphatic rings. The van der Waals surface area contributed by atoms with Gasteiger partial charge in [0.2, 0.25) is 5.16 Å². The van der Waals surface area contributed by atoms with Crippen LogP contribution in [0.4, 0.5) is 0 Å². The van der Waals surface area contributed by atoms with Crippen LogP contribution in [-0.2, 0) is 5.75 Å². The molecule has 0 amide bonds. The Morgan fingerprint density at radius 2 is 2.00 bits per heavy atom. The maximum Gasteiger partial charge on any atom is 0.209 e. The highest BCUT2D eigenvalue weighted by Crippen LogP contribution is 2.25. The SMILES string of the molecule is Cc1ccc(/C=C/c2nc(SCc3c(C#N)c(C)nn3-c3ccccc3)n[nH]2)o1. The summed E-state index contributed by atoms with van der Waals surface area (Å²) in [5, 5.41) is 21.9. The predicted molar refractivity (Wildman–Crippen MR) is 111 cm³/mol. The number of nitriles is 1. The third kappa shape index (κ3) is 4.15. The average Bonchev–Trinajstić information content (AvgIpc) is 3.44. The standard InChI is InChI=1S/C21H18N6OS/c1-14-8-9-17(28-14)10-11-20-23-21(25-24-20)29-13-19-18(12-22)15(2)26-27(19)16-6-4-3-5-7-16/h3-11H,13H2,1-2H3,(H,23,24,25)/b11-10+. The first-order valence-electron chi connectivity index (χ1n) is 8.98. The molecule has 8 heteroatoms. The Morgan fingerprint density at radius 1 is 1.17 bits per heavy atom. The van der Waals surface area contributed by atoms with Gasteiger partial charge in [-0.15, -0.1) is 5.10 Å². The number of H-pyrrole nitrogens is 1. The number of thioether (sulfide) groups is 1. The Kier molecular flexibility index (Phi) is 5.31. The van der Waals surface area contributed by atoms with Crippen LogP contribution in [0.5, 0.6) is 0 Å². The lowest BCUT2D eigenvalue weighted by atomic mass is 10.2. The lowest BCUT2D eigenvalue weighted by molar-refractivity contribution is 0.525. The van der Waals surface area contributed by atoms with Crippen LogP contribution in [0, 0.1) is 25.2 Å².